The molecule has 7 nitrogen and oxygen atoms in total. The normalized spacial score (nSPS) is 19.9. The Labute approximate surface area is 164 Å². The van der Waals surface area contributed by atoms with Gasteiger partial charge in [-0.2, -0.15) is 0 Å². The number of hydrogen-bond donors (Lipinski definition) is 2. The van der Waals surface area contributed by atoms with Crippen molar-refractivity contribution in [2.45, 2.75) is 38.1 Å². The Morgan fingerprint density at radius 2 is 2.04 bits per heavy atom. The first-order valence-electron chi connectivity index (χ1n) is 9.86. The molecule has 1 atom stereocenters. The van der Waals surface area contributed by atoms with Crippen molar-refractivity contribution in [2.24, 2.45) is 5.92 Å². The van der Waals surface area contributed by atoms with E-state index in [1.165, 1.54) is 19.0 Å². The lowest BCUT2D eigenvalue weighted by Gasteiger charge is -2.24. The van der Waals surface area contributed by atoms with Crippen molar-refractivity contribution < 1.29 is 9.59 Å². The molecule has 1 aliphatic heterocycles. The summed E-state index contributed by atoms with van der Waals surface area (Å²) in [5.74, 6) is 0.630. The number of likely N-dealkylation sites (tertiary alicyclic amines) is 1. The maximum Gasteiger partial charge on any atom is 0.251 e. The van der Waals surface area contributed by atoms with Crippen molar-refractivity contribution in [3.63, 3.8) is 0 Å². The number of carbonyl (C=O) groups excluding carboxylic acids is 2. The van der Waals surface area contributed by atoms with Gasteiger partial charge in [0.1, 0.15) is 5.82 Å². The Morgan fingerprint density at radius 1 is 1.21 bits per heavy atom. The molecular weight excluding hydrogens is 354 g/mol. The van der Waals surface area contributed by atoms with Crippen LogP contribution in [0.2, 0.25) is 0 Å². The van der Waals surface area contributed by atoms with Crippen LogP contribution in [0.3, 0.4) is 0 Å². The molecule has 0 radical (unpaired) electrons. The van der Waals surface area contributed by atoms with Gasteiger partial charge < -0.3 is 16.0 Å². The average molecular weight is 379 g/mol. The summed E-state index contributed by atoms with van der Waals surface area (Å²) in [6.07, 6.45) is 8.27. The summed E-state index contributed by atoms with van der Waals surface area (Å²) in [4.78, 5) is 35.2. The SMILES string of the molecule is Nc1cnc(-c2cccc(C(=O)NC[C@H]3CC(=O)N(C4CCCC4)C3)c2)cn1. The van der Waals surface area contributed by atoms with Crippen LogP contribution >= 0.6 is 0 Å². The number of nitrogens with zero attached hydrogens (tertiary/aromatic N) is 3. The number of nitrogen functional groups attached to an aromatic ring is 1. The molecule has 2 aliphatic rings. The standard InChI is InChI=1S/C21H25N5O2/c22-19-12-23-18(11-24-19)15-4-3-5-16(9-15)21(28)25-10-14-8-20(27)26(13-14)17-6-1-2-7-17/h3-5,9,11-12,14,17H,1-2,6-8,10,13H2,(H2,22,24)(H,25,28)/t14-/m1/s1. The van der Waals surface area contributed by atoms with Gasteiger partial charge in [0.05, 0.1) is 18.1 Å². The molecule has 1 saturated heterocycles. The van der Waals surface area contributed by atoms with Crippen LogP contribution in [0.25, 0.3) is 11.3 Å². The lowest BCUT2D eigenvalue weighted by molar-refractivity contribution is -0.129. The maximum atomic E-state index is 12.6. The Kier molecular flexibility index (Phi) is 5.23. The van der Waals surface area contributed by atoms with Gasteiger partial charge in [-0.05, 0) is 25.0 Å². The summed E-state index contributed by atoms with van der Waals surface area (Å²) < 4.78 is 0. The minimum Gasteiger partial charge on any atom is -0.382 e. The molecule has 2 amide bonds. The second-order valence-electron chi connectivity index (χ2n) is 7.67. The molecule has 3 N–H and O–H groups in total. The molecular formula is C21H25N5O2. The van der Waals surface area contributed by atoms with E-state index in [1.807, 2.05) is 17.0 Å². The van der Waals surface area contributed by atoms with E-state index in [4.69, 9.17) is 5.73 Å². The van der Waals surface area contributed by atoms with Crippen LogP contribution in [0, 0.1) is 5.92 Å². The molecule has 28 heavy (non-hydrogen) atoms. The van der Waals surface area contributed by atoms with Crippen molar-refractivity contribution in [1.82, 2.24) is 20.2 Å². The van der Waals surface area contributed by atoms with Crippen LogP contribution in [-0.4, -0.2) is 45.8 Å². The van der Waals surface area contributed by atoms with E-state index in [0.717, 1.165) is 24.9 Å². The third kappa shape index (κ3) is 3.98. The van der Waals surface area contributed by atoms with E-state index in [1.54, 1.807) is 18.3 Å². The predicted octanol–water partition coefficient (Wildman–Crippen LogP) is 2.25. The number of rotatable bonds is 5. The summed E-state index contributed by atoms with van der Waals surface area (Å²) in [5.41, 5.74) is 7.61. The number of amides is 2. The third-order valence-corrected chi connectivity index (χ3v) is 5.65. The molecule has 2 fully saturated rings. The van der Waals surface area contributed by atoms with Crippen LogP contribution < -0.4 is 11.1 Å². The van der Waals surface area contributed by atoms with Gasteiger partial charge in [-0.25, -0.2) is 4.98 Å². The third-order valence-electron chi connectivity index (χ3n) is 5.65. The lowest BCUT2D eigenvalue weighted by atomic mass is 10.1. The van der Waals surface area contributed by atoms with Gasteiger partial charge in [-0.3, -0.25) is 14.6 Å². The van der Waals surface area contributed by atoms with Crippen LogP contribution in [0.5, 0.6) is 0 Å². The lowest BCUT2D eigenvalue weighted by Crippen LogP contribution is -2.36. The topological polar surface area (TPSA) is 101 Å². The first-order valence-corrected chi connectivity index (χ1v) is 9.86. The van der Waals surface area contributed by atoms with E-state index in [9.17, 15) is 9.59 Å². The van der Waals surface area contributed by atoms with Crippen LogP contribution in [0.4, 0.5) is 5.82 Å². The average Bonchev–Trinajstić information content (AvgIpc) is 3.36. The molecule has 1 aromatic heterocycles. The second-order valence-corrected chi connectivity index (χ2v) is 7.67. The van der Waals surface area contributed by atoms with Gasteiger partial charge in [-0.1, -0.05) is 25.0 Å². The van der Waals surface area contributed by atoms with Crippen molar-refractivity contribution in [3.8, 4) is 11.3 Å². The molecule has 0 unspecified atom stereocenters. The fourth-order valence-electron chi connectivity index (χ4n) is 4.16. The molecule has 4 rings (SSSR count). The largest absolute Gasteiger partial charge is 0.382 e. The minimum absolute atomic E-state index is 0.142. The highest BCUT2D eigenvalue weighted by molar-refractivity contribution is 5.95. The van der Waals surface area contributed by atoms with Gasteiger partial charge in [-0.15, -0.1) is 0 Å². The summed E-state index contributed by atoms with van der Waals surface area (Å²) in [6, 6.07) is 7.68. The molecule has 0 spiro atoms. The van der Waals surface area contributed by atoms with Gasteiger partial charge in [0.15, 0.2) is 0 Å². The highest BCUT2D eigenvalue weighted by Gasteiger charge is 2.35. The molecule has 2 heterocycles. The number of nitrogens with two attached hydrogens (primary N) is 1. The number of nitrogens with one attached hydrogen (secondary N) is 1. The number of benzene rings is 1. The zero-order chi connectivity index (χ0) is 19.5. The van der Waals surface area contributed by atoms with Crippen LogP contribution in [0.1, 0.15) is 42.5 Å². The number of anilines is 1. The second kappa shape index (κ2) is 7.96. The smallest absolute Gasteiger partial charge is 0.251 e. The number of hydrogen-bond acceptors (Lipinski definition) is 5. The van der Waals surface area contributed by atoms with Gasteiger partial charge in [0.2, 0.25) is 5.91 Å². The Morgan fingerprint density at radius 3 is 2.79 bits per heavy atom. The van der Waals surface area contributed by atoms with E-state index in [0.29, 0.717) is 36.1 Å². The highest BCUT2D eigenvalue weighted by atomic mass is 16.2. The van der Waals surface area contributed by atoms with Crippen molar-refractivity contribution >= 4 is 17.6 Å². The quantitative estimate of drug-likeness (QED) is 0.830. The molecule has 1 aliphatic carbocycles. The van der Waals surface area contributed by atoms with Crippen molar-refractivity contribution in [2.75, 3.05) is 18.8 Å². The van der Waals surface area contributed by atoms with E-state index in [-0.39, 0.29) is 17.7 Å². The molecule has 146 valence electrons. The first-order chi connectivity index (χ1) is 13.6. The Bertz CT molecular complexity index is 861. The molecule has 1 aromatic carbocycles. The fraction of sp³-hybridized carbons (Fsp3) is 0.429. The molecule has 1 saturated carbocycles. The number of carbonyl (C=O) groups is 2. The summed E-state index contributed by atoms with van der Waals surface area (Å²) in [7, 11) is 0. The minimum atomic E-state index is -0.142. The summed E-state index contributed by atoms with van der Waals surface area (Å²) in [6.45, 7) is 1.27. The summed E-state index contributed by atoms with van der Waals surface area (Å²) >= 11 is 0. The fourth-order valence-corrected chi connectivity index (χ4v) is 4.16. The Balaban J connectivity index is 1.36. The molecule has 0 bridgehead atoms. The van der Waals surface area contributed by atoms with E-state index < -0.39 is 0 Å². The van der Waals surface area contributed by atoms with Gasteiger partial charge >= 0.3 is 0 Å². The van der Waals surface area contributed by atoms with Gasteiger partial charge in [0.25, 0.3) is 5.91 Å². The number of aromatic nitrogens is 2. The zero-order valence-electron chi connectivity index (χ0n) is 15.8. The summed E-state index contributed by atoms with van der Waals surface area (Å²) in [5, 5.41) is 2.99. The monoisotopic (exact) mass is 379 g/mol. The Hall–Kier alpha value is -2.96. The van der Waals surface area contributed by atoms with Gasteiger partial charge in [0, 0.05) is 42.6 Å². The highest BCUT2D eigenvalue weighted by Crippen LogP contribution is 2.29. The van der Waals surface area contributed by atoms with Crippen molar-refractivity contribution in [1.29, 1.82) is 0 Å². The molecule has 2 aromatic rings. The van der Waals surface area contributed by atoms with Crippen LogP contribution in [0.15, 0.2) is 36.7 Å². The van der Waals surface area contributed by atoms with E-state index >= 15 is 0 Å². The zero-order valence-corrected chi connectivity index (χ0v) is 15.8. The predicted molar refractivity (Wildman–Crippen MR) is 106 cm³/mol. The first kappa shape index (κ1) is 18.4. The molecule has 7 heteroatoms. The maximum absolute atomic E-state index is 12.6. The van der Waals surface area contributed by atoms with Crippen molar-refractivity contribution in [3.05, 3.63) is 42.2 Å². The van der Waals surface area contributed by atoms with E-state index in [2.05, 4.69) is 15.3 Å². The van der Waals surface area contributed by atoms with Crippen LogP contribution in [-0.2, 0) is 4.79 Å².